The van der Waals surface area contributed by atoms with Crippen molar-refractivity contribution in [2.24, 2.45) is 0 Å². The average Bonchev–Trinajstić information content (AvgIpc) is 3.97. The number of fused-ring (bicyclic) bond motifs is 2. The number of imidazole rings is 3. The lowest BCUT2D eigenvalue weighted by Crippen LogP contribution is -2.46. The third kappa shape index (κ3) is 9.31. The quantitative estimate of drug-likeness (QED) is 0.155. The minimum Gasteiger partial charge on any atom is -0.453 e. The van der Waals surface area contributed by atoms with Crippen LogP contribution >= 0.6 is 0 Å². The molecule has 3 N–H and O–H groups in total. The van der Waals surface area contributed by atoms with Crippen molar-refractivity contribution in [3.8, 4) is 22.6 Å². The van der Waals surface area contributed by atoms with Crippen LogP contribution in [0.3, 0.4) is 0 Å². The maximum absolute atomic E-state index is 15.7. The Balaban J connectivity index is 1.000. The van der Waals surface area contributed by atoms with Gasteiger partial charge in [0.15, 0.2) is 0 Å². The first-order valence-electron chi connectivity index (χ1n) is 20.4. The number of morpholine rings is 2. The summed E-state index contributed by atoms with van der Waals surface area (Å²) in [4.78, 5) is 69.8. The van der Waals surface area contributed by atoms with Gasteiger partial charge in [-0.2, -0.15) is 0 Å². The number of nitrogens with zero attached hydrogens (tertiary/aromatic N) is 7. The minimum absolute atomic E-state index is 0.0278. The molecule has 4 amide bonds. The lowest BCUT2D eigenvalue weighted by Gasteiger charge is -2.32. The van der Waals surface area contributed by atoms with Gasteiger partial charge in [-0.15, -0.1) is 0 Å². The van der Waals surface area contributed by atoms with Crippen LogP contribution < -0.4 is 10.6 Å². The van der Waals surface area contributed by atoms with Crippen molar-refractivity contribution in [2.45, 2.75) is 51.7 Å². The highest BCUT2D eigenvalue weighted by Crippen LogP contribution is 2.34. The van der Waals surface area contributed by atoms with E-state index in [9.17, 15) is 19.2 Å². The van der Waals surface area contributed by atoms with E-state index in [1.54, 1.807) is 33.8 Å². The molecule has 0 saturated carbocycles. The van der Waals surface area contributed by atoms with Gasteiger partial charge in [0.25, 0.3) is 0 Å². The monoisotopic (exact) mass is 868 g/mol. The number of benzene rings is 1. The molecule has 0 bridgehead atoms. The van der Waals surface area contributed by atoms with E-state index in [1.165, 1.54) is 26.0 Å². The zero-order valence-corrected chi connectivity index (χ0v) is 35.1. The van der Waals surface area contributed by atoms with Crippen LogP contribution in [0.15, 0.2) is 55.0 Å². The predicted molar refractivity (Wildman–Crippen MR) is 224 cm³/mol. The standard InChI is InChI=1S/C43H46F2N10O8/c1-24-7-9-54-33(19-28-22-52(11-13-62-28)42(58)60-3)39(49-35(54)15-24)32-21-46-41(48-32)51-37(57)6-5-26-8-10-55-34(20-29-23-53(12-14-63-29)43(59)61-4)40(50-36(55)16-26)38-30(44)17-27(18-31(38)45)47-25(2)56/h7-10,15-18,21,28-29H,5-6,11-14,19-20,22-23H2,1-4H3,(H,47,56)(H2,46,48,51,57)/t28-,29-/m0/s1. The van der Waals surface area contributed by atoms with E-state index >= 15 is 8.78 Å². The molecule has 5 aromatic heterocycles. The van der Waals surface area contributed by atoms with E-state index in [-0.39, 0.29) is 60.9 Å². The molecule has 0 spiro atoms. The Morgan fingerprint density at radius 2 is 1.41 bits per heavy atom. The van der Waals surface area contributed by atoms with Crippen molar-refractivity contribution in [2.75, 3.05) is 64.2 Å². The molecule has 2 aliphatic rings. The Hall–Kier alpha value is -6.93. The molecule has 0 unspecified atom stereocenters. The van der Waals surface area contributed by atoms with Gasteiger partial charge in [-0.3, -0.25) is 14.9 Å². The average molecular weight is 869 g/mol. The van der Waals surface area contributed by atoms with E-state index in [0.717, 1.165) is 34.6 Å². The molecule has 7 heterocycles. The van der Waals surface area contributed by atoms with Gasteiger partial charge in [-0.05, 0) is 60.9 Å². The van der Waals surface area contributed by atoms with E-state index in [4.69, 9.17) is 23.9 Å². The van der Waals surface area contributed by atoms with Crippen LogP contribution in [-0.4, -0.2) is 128 Å². The Labute approximate surface area is 359 Å². The van der Waals surface area contributed by atoms with Gasteiger partial charge >= 0.3 is 12.2 Å². The number of halogens is 2. The molecular formula is C43H46F2N10O8. The fourth-order valence-electron chi connectivity index (χ4n) is 8.04. The molecule has 2 saturated heterocycles. The van der Waals surface area contributed by atoms with Crippen molar-refractivity contribution in [1.82, 2.24) is 38.5 Å². The number of methoxy groups -OCH3 is 2. The molecule has 1 aromatic carbocycles. The summed E-state index contributed by atoms with van der Waals surface area (Å²) in [5.41, 5.74) is 4.92. The topological polar surface area (TPSA) is 199 Å². The Morgan fingerprint density at radius 3 is 2.03 bits per heavy atom. The summed E-state index contributed by atoms with van der Waals surface area (Å²) in [6.07, 6.45) is 4.41. The number of ether oxygens (including phenoxy) is 4. The third-order valence-corrected chi connectivity index (χ3v) is 11.0. The Kier molecular flexibility index (Phi) is 12.3. The lowest BCUT2D eigenvalue weighted by molar-refractivity contribution is -0.116. The van der Waals surface area contributed by atoms with Crippen LogP contribution in [0.1, 0.15) is 35.9 Å². The van der Waals surface area contributed by atoms with Gasteiger partial charge in [0, 0.05) is 57.4 Å². The zero-order chi connectivity index (χ0) is 44.4. The number of aryl methyl sites for hydroxylation is 2. The second-order valence-electron chi connectivity index (χ2n) is 15.4. The number of hydrogen-bond donors (Lipinski definition) is 3. The molecule has 8 rings (SSSR count). The highest BCUT2D eigenvalue weighted by molar-refractivity contribution is 5.90. The molecule has 0 radical (unpaired) electrons. The van der Waals surface area contributed by atoms with Crippen LogP contribution in [0.2, 0.25) is 0 Å². The second-order valence-corrected chi connectivity index (χ2v) is 15.4. The highest BCUT2D eigenvalue weighted by atomic mass is 19.1. The number of pyridine rings is 2. The number of hydrogen-bond acceptors (Lipinski definition) is 11. The third-order valence-electron chi connectivity index (χ3n) is 11.0. The van der Waals surface area contributed by atoms with Crippen molar-refractivity contribution >= 4 is 46.9 Å². The summed E-state index contributed by atoms with van der Waals surface area (Å²) in [6.45, 7) is 5.12. The summed E-state index contributed by atoms with van der Waals surface area (Å²) < 4.78 is 57.0. The van der Waals surface area contributed by atoms with E-state index in [0.29, 0.717) is 61.8 Å². The molecular weight excluding hydrogens is 823 g/mol. The molecule has 330 valence electrons. The van der Waals surface area contributed by atoms with Gasteiger partial charge in [-0.25, -0.2) is 33.3 Å². The lowest BCUT2D eigenvalue weighted by atomic mass is 10.0. The normalized spacial score (nSPS) is 16.7. The summed E-state index contributed by atoms with van der Waals surface area (Å²) in [5.74, 6) is -2.44. The molecule has 2 fully saturated rings. The fourth-order valence-corrected chi connectivity index (χ4v) is 8.04. The number of aromatic nitrogens is 6. The molecule has 18 nitrogen and oxygen atoms in total. The minimum atomic E-state index is -0.931. The number of anilines is 2. The van der Waals surface area contributed by atoms with Crippen LogP contribution in [0.25, 0.3) is 33.9 Å². The zero-order valence-electron chi connectivity index (χ0n) is 35.1. The molecule has 20 heteroatoms. The van der Waals surface area contributed by atoms with Gasteiger partial charge in [0.05, 0.1) is 87.3 Å². The largest absolute Gasteiger partial charge is 0.453 e. The molecule has 63 heavy (non-hydrogen) atoms. The molecule has 6 aromatic rings. The van der Waals surface area contributed by atoms with Gasteiger partial charge in [-0.1, -0.05) is 0 Å². The maximum atomic E-state index is 15.7. The number of nitrogens with one attached hydrogen (secondary N) is 3. The van der Waals surface area contributed by atoms with Crippen molar-refractivity contribution in [3.63, 3.8) is 0 Å². The number of rotatable bonds is 11. The Morgan fingerprint density at radius 1 is 0.825 bits per heavy atom. The summed E-state index contributed by atoms with van der Waals surface area (Å²) >= 11 is 0. The number of aromatic amines is 1. The van der Waals surface area contributed by atoms with Crippen LogP contribution in [0.4, 0.5) is 30.0 Å². The molecule has 2 atom stereocenters. The smallest absolute Gasteiger partial charge is 0.409 e. The highest BCUT2D eigenvalue weighted by Gasteiger charge is 2.31. The summed E-state index contributed by atoms with van der Waals surface area (Å²) in [7, 11) is 2.64. The van der Waals surface area contributed by atoms with Crippen molar-refractivity contribution < 1.29 is 46.9 Å². The first kappa shape index (κ1) is 42.7. The maximum Gasteiger partial charge on any atom is 0.409 e. The van der Waals surface area contributed by atoms with Gasteiger partial charge < -0.3 is 47.8 Å². The molecule has 0 aliphatic carbocycles. The summed E-state index contributed by atoms with van der Waals surface area (Å²) in [6, 6.07) is 9.53. The number of H-pyrrole nitrogens is 1. The van der Waals surface area contributed by atoms with E-state index < -0.39 is 35.8 Å². The molecule has 2 aliphatic heterocycles. The Bertz CT molecular complexity index is 2690. The summed E-state index contributed by atoms with van der Waals surface area (Å²) in [5, 5.41) is 5.23. The predicted octanol–water partition coefficient (Wildman–Crippen LogP) is 5.17. The number of amides is 4. The fraction of sp³-hybridized carbons (Fsp3) is 0.372. The van der Waals surface area contributed by atoms with Gasteiger partial charge in [0.2, 0.25) is 17.8 Å². The second kappa shape index (κ2) is 18.2. The SMILES string of the molecule is COC(=O)N1CCO[C@@H](Cc2c(-c3cnc(NC(=O)CCc4ccn5c(C[C@H]6CN(C(=O)OC)CCO6)c(-c6c(F)cc(NC(C)=O)cc6F)nc5c4)[nH]3)nc3cc(C)ccn23)C1. The van der Waals surface area contributed by atoms with Crippen LogP contribution in [0, 0.1) is 18.6 Å². The van der Waals surface area contributed by atoms with Crippen molar-refractivity contribution in [1.29, 1.82) is 0 Å². The first-order valence-corrected chi connectivity index (χ1v) is 20.4. The van der Waals surface area contributed by atoms with Crippen LogP contribution in [-0.2, 0) is 47.8 Å². The van der Waals surface area contributed by atoms with Gasteiger partial charge in [0.1, 0.15) is 28.6 Å². The first-order chi connectivity index (χ1) is 30.4. The van der Waals surface area contributed by atoms with E-state index in [2.05, 4.69) is 25.6 Å². The number of carbonyl (C=O) groups excluding carboxylic acids is 4. The van der Waals surface area contributed by atoms with Crippen LogP contribution in [0.5, 0.6) is 0 Å². The van der Waals surface area contributed by atoms with E-state index in [1.807, 2.05) is 29.7 Å². The number of carbonyl (C=O) groups is 4. The van der Waals surface area contributed by atoms with Crippen molar-refractivity contribution in [3.05, 3.63) is 89.1 Å².